The second kappa shape index (κ2) is 2.94. The third-order valence-electron chi connectivity index (χ3n) is 5.68. The Labute approximate surface area is 108 Å². The lowest BCUT2D eigenvalue weighted by molar-refractivity contribution is -0.116. The molecule has 0 aromatic carbocycles. The molecule has 2 unspecified atom stereocenters. The number of rotatable bonds is 1. The molecule has 4 saturated carbocycles. The molecule has 1 heterocycles. The fourth-order valence-corrected chi connectivity index (χ4v) is 6.26. The molecule has 0 aliphatic heterocycles. The summed E-state index contributed by atoms with van der Waals surface area (Å²) in [5.41, 5.74) is 7.01. The van der Waals surface area contributed by atoms with Crippen LogP contribution in [0.3, 0.4) is 0 Å². The monoisotopic (exact) mass is 246 g/mol. The zero-order valence-electron chi connectivity index (χ0n) is 11.3. The van der Waals surface area contributed by atoms with Gasteiger partial charge in [-0.25, -0.2) is 0 Å². The van der Waals surface area contributed by atoms with E-state index in [0.717, 1.165) is 11.7 Å². The maximum atomic E-state index is 5.76. The highest BCUT2D eigenvalue weighted by Gasteiger charge is 2.61. The van der Waals surface area contributed by atoms with Crippen LogP contribution in [0.4, 0.5) is 5.82 Å². The van der Waals surface area contributed by atoms with Crippen LogP contribution in [-0.4, -0.2) is 5.16 Å². The van der Waals surface area contributed by atoms with Gasteiger partial charge in [0.05, 0.1) is 0 Å². The minimum atomic E-state index is 0.230. The standard InChI is InChI=1S/C15H22N2O/c1-13-4-10-5-14(2,7-13)9-15(6-10,8-13)11-3-12(16)17-18-11/h3,10H,4-9H2,1-2H3,(H2,16,17). The Hall–Kier alpha value is -0.990. The molecule has 0 amide bonds. The number of nitrogen functional groups attached to an aromatic ring is 1. The van der Waals surface area contributed by atoms with Gasteiger partial charge in [0.25, 0.3) is 0 Å². The topological polar surface area (TPSA) is 52.0 Å². The number of nitrogens with zero attached hydrogens (tertiary/aromatic N) is 1. The molecule has 98 valence electrons. The highest BCUT2D eigenvalue weighted by Crippen LogP contribution is 2.69. The lowest BCUT2D eigenvalue weighted by atomic mass is 9.40. The number of hydrogen-bond acceptors (Lipinski definition) is 3. The van der Waals surface area contributed by atoms with Crippen LogP contribution in [0, 0.1) is 16.7 Å². The Balaban J connectivity index is 1.82. The predicted molar refractivity (Wildman–Crippen MR) is 70.0 cm³/mol. The SMILES string of the molecule is CC12CC3CC(C)(C1)CC(c1cc(N)no1)(C3)C2. The highest BCUT2D eigenvalue weighted by molar-refractivity contribution is 5.33. The van der Waals surface area contributed by atoms with Gasteiger partial charge in [-0.2, -0.15) is 0 Å². The van der Waals surface area contributed by atoms with Gasteiger partial charge in [0.1, 0.15) is 5.76 Å². The van der Waals surface area contributed by atoms with Crippen molar-refractivity contribution in [2.24, 2.45) is 16.7 Å². The summed E-state index contributed by atoms with van der Waals surface area (Å²) in [6, 6.07) is 1.97. The molecular formula is C15H22N2O. The lowest BCUT2D eigenvalue weighted by Crippen LogP contribution is -2.56. The van der Waals surface area contributed by atoms with Gasteiger partial charge >= 0.3 is 0 Å². The van der Waals surface area contributed by atoms with Gasteiger partial charge in [-0.1, -0.05) is 19.0 Å². The zero-order chi connectivity index (χ0) is 12.6. The maximum absolute atomic E-state index is 5.76. The normalized spacial score (nSPS) is 49.8. The number of nitrogens with two attached hydrogens (primary N) is 1. The molecule has 4 bridgehead atoms. The van der Waals surface area contributed by atoms with Crippen LogP contribution in [0.1, 0.15) is 58.1 Å². The second-order valence-corrected chi connectivity index (χ2v) is 8.03. The number of hydrogen-bond donors (Lipinski definition) is 1. The molecule has 2 atom stereocenters. The van der Waals surface area contributed by atoms with Crippen molar-refractivity contribution in [3.63, 3.8) is 0 Å². The average molecular weight is 246 g/mol. The maximum Gasteiger partial charge on any atom is 0.167 e. The minimum absolute atomic E-state index is 0.230. The summed E-state index contributed by atoms with van der Waals surface area (Å²) in [6.45, 7) is 4.95. The van der Waals surface area contributed by atoms with E-state index in [1.165, 1.54) is 38.5 Å². The largest absolute Gasteiger partial charge is 0.381 e. The molecule has 4 fully saturated rings. The van der Waals surface area contributed by atoms with E-state index in [-0.39, 0.29) is 5.41 Å². The summed E-state index contributed by atoms with van der Waals surface area (Å²) < 4.78 is 5.56. The molecule has 2 N–H and O–H groups in total. The highest BCUT2D eigenvalue weighted by atomic mass is 16.5. The molecule has 4 aliphatic carbocycles. The third-order valence-corrected chi connectivity index (χ3v) is 5.68. The number of anilines is 1. The van der Waals surface area contributed by atoms with Crippen LogP contribution in [0.15, 0.2) is 10.6 Å². The molecule has 3 heteroatoms. The Bertz CT molecular complexity index is 488. The van der Waals surface area contributed by atoms with Gasteiger partial charge in [-0.3, -0.25) is 0 Å². The van der Waals surface area contributed by atoms with E-state index in [0.29, 0.717) is 16.6 Å². The van der Waals surface area contributed by atoms with E-state index < -0.39 is 0 Å². The van der Waals surface area contributed by atoms with Crippen LogP contribution < -0.4 is 5.73 Å². The molecule has 3 nitrogen and oxygen atoms in total. The summed E-state index contributed by atoms with van der Waals surface area (Å²) in [7, 11) is 0. The smallest absolute Gasteiger partial charge is 0.167 e. The molecule has 4 aliphatic rings. The van der Waals surface area contributed by atoms with Crippen molar-refractivity contribution in [3.05, 3.63) is 11.8 Å². The first kappa shape index (κ1) is 10.9. The minimum Gasteiger partial charge on any atom is -0.381 e. The summed E-state index contributed by atoms with van der Waals surface area (Å²) in [4.78, 5) is 0. The first-order chi connectivity index (χ1) is 8.41. The van der Waals surface area contributed by atoms with Gasteiger partial charge in [-0.05, 0) is 55.3 Å². The van der Waals surface area contributed by atoms with Crippen molar-refractivity contribution in [2.75, 3.05) is 5.73 Å². The Morgan fingerprint density at radius 1 is 1.17 bits per heavy atom. The summed E-state index contributed by atoms with van der Waals surface area (Å²) in [5, 5.41) is 3.92. The summed E-state index contributed by atoms with van der Waals surface area (Å²) in [6.07, 6.45) is 8.03. The molecule has 0 spiro atoms. The Morgan fingerprint density at radius 2 is 1.83 bits per heavy atom. The third kappa shape index (κ3) is 1.33. The summed E-state index contributed by atoms with van der Waals surface area (Å²) in [5.74, 6) is 2.47. The van der Waals surface area contributed by atoms with Gasteiger partial charge in [0, 0.05) is 11.5 Å². The van der Waals surface area contributed by atoms with Crippen molar-refractivity contribution in [3.8, 4) is 0 Å². The lowest BCUT2D eigenvalue weighted by Gasteiger charge is -2.64. The second-order valence-electron chi connectivity index (χ2n) is 8.03. The van der Waals surface area contributed by atoms with Crippen molar-refractivity contribution >= 4 is 5.82 Å². The van der Waals surface area contributed by atoms with Crippen LogP contribution in [0.2, 0.25) is 0 Å². The Kier molecular flexibility index (Phi) is 1.78. The van der Waals surface area contributed by atoms with E-state index in [2.05, 4.69) is 19.0 Å². The van der Waals surface area contributed by atoms with E-state index in [9.17, 15) is 0 Å². The van der Waals surface area contributed by atoms with E-state index in [1.54, 1.807) is 0 Å². The van der Waals surface area contributed by atoms with E-state index in [4.69, 9.17) is 10.3 Å². The predicted octanol–water partition coefficient (Wildman–Crippen LogP) is 3.50. The van der Waals surface area contributed by atoms with Crippen LogP contribution in [-0.2, 0) is 5.41 Å². The first-order valence-corrected chi connectivity index (χ1v) is 7.13. The zero-order valence-corrected chi connectivity index (χ0v) is 11.3. The van der Waals surface area contributed by atoms with Crippen LogP contribution in [0.25, 0.3) is 0 Å². The van der Waals surface area contributed by atoms with Gasteiger partial charge < -0.3 is 10.3 Å². The number of aromatic nitrogens is 1. The molecular weight excluding hydrogens is 224 g/mol. The fourth-order valence-electron chi connectivity index (χ4n) is 6.26. The first-order valence-electron chi connectivity index (χ1n) is 7.13. The van der Waals surface area contributed by atoms with Crippen LogP contribution in [0.5, 0.6) is 0 Å². The van der Waals surface area contributed by atoms with Crippen LogP contribution >= 0.6 is 0 Å². The molecule has 1 aromatic rings. The molecule has 0 radical (unpaired) electrons. The molecule has 5 rings (SSSR count). The fraction of sp³-hybridized carbons (Fsp3) is 0.800. The quantitative estimate of drug-likeness (QED) is 0.825. The summed E-state index contributed by atoms with van der Waals surface area (Å²) >= 11 is 0. The molecule has 1 aromatic heterocycles. The van der Waals surface area contributed by atoms with Gasteiger partial charge in [0.2, 0.25) is 0 Å². The average Bonchev–Trinajstić information content (AvgIpc) is 2.59. The van der Waals surface area contributed by atoms with E-state index in [1.807, 2.05) is 6.07 Å². The van der Waals surface area contributed by atoms with Crippen molar-refractivity contribution in [2.45, 2.75) is 57.8 Å². The van der Waals surface area contributed by atoms with Crippen molar-refractivity contribution < 1.29 is 4.52 Å². The van der Waals surface area contributed by atoms with Crippen molar-refractivity contribution in [1.29, 1.82) is 0 Å². The molecule has 0 saturated heterocycles. The van der Waals surface area contributed by atoms with Gasteiger partial charge in [0.15, 0.2) is 5.82 Å². The van der Waals surface area contributed by atoms with Gasteiger partial charge in [-0.15, -0.1) is 0 Å². The Morgan fingerprint density at radius 3 is 2.33 bits per heavy atom. The van der Waals surface area contributed by atoms with Crippen molar-refractivity contribution in [1.82, 2.24) is 5.16 Å². The molecule has 18 heavy (non-hydrogen) atoms. The van der Waals surface area contributed by atoms with E-state index >= 15 is 0 Å².